The lowest BCUT2D eigenvalue weighted by molar-refractivity contribution is -0.227. The molecular formula is C25H42O4. The minimum absolute atomic E-state index is 0.149. The Morgan fingerprint density at radius 3 is 2.59 bits per heavy atom. The Morgan fingerprint density at radius 1 is 1.10 bits per heavy atom. The van der Waals surface area contributed by atoms with Crippen LogP contribution in [0.2, 0.25) is 0 Å². The van der Waals surface area contributed by atoms with Gasteiger partial charge in [0, 0.05) is 11.8 Å². The molecule has 4 rings (SSSR count). The lowest BCUT2D eigenvalue weighted by atomic mass is 9.43. The highest BCUT2D eigenvalue weighted by Gasteiger charge is 2.66. The van der Waals surface area contributed by atoms with Crippen molar-refractivity contribution in [1.82, 2.24) is 0 Å². The Labute approximate surface area is 176 Å². The average molecular weight is 407 g/mol. The van der Waals surface area contributed by atoms with E-state index in [2.05, 4.69) is 20.8 Å². The number of hydrogen-bond acceptors (Lipinski definition) is 4. The first-order chi connectivity index (χ1) is 13.7. The van der Waals surface area contributed by atoms with Crippen LogP contribution in [0.15, 0.2) is 0 Å². The van der Waals surface area contributed by atoms with E-state index < -0.39 is 12.2 Å². The van der Waals surface area contributed by atoms with Crippen molar-refractivity contribution in [2.45, 2.75) is 97.2 Å². The molecule has 4 fully saturated rings. The first-order valence-electron chi connectivity index (χ1n) is 12.2. The molecular weight excluding hydrogens is 364 g/mol. The van der Waals surface area contributed by atoms with Crippen LogP contribution in [0.1, 0.15) is 85.0 Å². The molecule has 0 aliphatic heterocycles. The van der Waals surface area contributed by atoms with Crippen molar-refractivity contribution in [3.05, 3.63) is 0 Å². The van der Waals surface area contributed by atoms with E-state index >= 15 is 0 Å². The van der Waals surface area contributed by atoms with Crippen molar-refractivity contribution >= 4 is 5.97 Å². The van der Waals surface area contributed by atoms with E-state index in [9.17, 15) is 15.0 Å². The number of ether oxygens (including phenoxy) is 1. The van der Waals surface area contributed by atoms with Crippen molar-refractivity contribution in [1.29, 1.82) is 0 Å². The molecule has 2 N–H and O–H groups in total. The van der Waals surface area contributed by atoms with Gasteiger partial charge in [-0.25, -0.2) is 0 Å². The van der Waals surface area contributed by atoms with Gasteiger partial charge in [0.1, 0.15) is 0 Å². The zero-order chi connectivity index (χ0) is 21.0. The van der Waals surface area contributed by atoms with Gasteiger partial charge in [-0.05, 0) is 85.9 Å². The van der Waals surface area contributed by atoms with Crippen LogP contribution in [0.5, 0.6) is 0 Å². The maximum Gasteiger partial charge on any atom is 0.305 e. The standard InChI is InChI=1S/C25H42O4/c1-15(8-13-20(26)29-4)18-11-12-19-17-10-9-16-7-5-6-14-24(16,2)21(17)22(27)23(28)25(18,19)3/h15-19,21-23,27-28H,5-14H2,1-4H3. The summed E-state index contributed by atoms with van der Waals surface area (Å²) in [4.78, 5) is 11.7. The number of aliphatic hydroxyl groups excluding tert-OH is 2. The summed E-state index contributed by atoms with van der Waals surface area (Å²) < 4.78 is 4.84. The Balaban J connectivity index is 1.59. The van der Waals surface area contributed by atoms with E-state index in [0.29, 0.717) is 30.1 Å². The van der Waals surface area contributed by atoms with Crippen LogP contribution < -0.4 is 0 Å². The fraction of sp³-hybridized carbons (Fsp3) is 0.960. The summed E-state index contributed by atoms with van der Waals surface area (Å²) in [5.41, 5.74) is -0.0501. The van der Waals surface area contributed by atoms with Crippen molar-refractivity contribution < 1.29 is 19.7 Å². The van der Waals surface area contributed by atoms with Gasteiger partial charge >= 0.3 is 5.97 Å². The molecule has 0 saturated heterocycles. The molecule has 0 aromatic heterocycles. The number of aliphatic hydroxyl groups is 2. The van der Waals surface area contributed by atoms with Crippen molar-refractivity contribution in [2.24, 2.45) is 46.3 Å². The molecule has 4 heteroatoms. The second-order valence-electron chi connectivity index (χ2n) is 11.4. The second kappa shape index (κ2) is 7.82. The lowest BCUT2D eigenvalue weighted by Gasteiger charge is -2.63. The highest BCUT2D eigenvalue weighted by atomic mass is 16.5. The number of rotatable bonds is 4. The van der Waals surface area contributed by atoms with Gasteiger partial charge in [0.05, 0.1) is 19.3 Å². The van der Waals surface area contributed by atoms with Gasteiger partial charge in [0.25, 0.3) is 0 Å². The smallest absolute Gasteiger partial charge is 0.305 e. The summed E-state index contributed by atoms with van der Waals surface area (Å²) in [7, 11) is 1.45. The molecule has 0 bridgehead atoms. The summed E-state index contributed by atoms with van der Waals surface area (Å²) in [6.45, 7) is 6.91. The van der Waals surface area contributed by atoms with Gasteiger partial charge in [-0.15, -0.1) is 0 Å². The molecule has 4 aliphatic carbocycles. The van der Waals surface area contributed by atoms with Gasteiger partial charge in [-0.2, -0.15) is 0 Å². The molecule has 4 saturated carbocycles. The van der Waals surface area contributed by atoms with E-state index in [4.69, 9.17) is 4.74 Å². The molecule has 0 radical (unpaired) electrons. The van der Waals surface area contributed by atoms with Gasteiger partial charge in [0.2, 0.25) is 0 Å². The van der Waals surface area contributed by atoms with Crippen molar-refractivity contribution in [3.8, 4) is 0 Å². The third kappa shape index (κ3) is 3.19. The summed E-state index contributed by atoms with van der Waals surface area (Å²) in [6.07, 6.45) is 9.89. The predicted octanol–water partition coefficient (Wildman–Crippen LogP) is 4.57. The van der Waals surface area contributed by atoms with Crippen LogP contribution in [0, 0.1) is 46.3 Å². The molecule has 0 spiro atoms. The number of hydrogen-bond donors (Lipinski definition) is 2. The fourth-order valence-corrected chi connectivity index (χ4v) is 8.98. The maximum atomic E-state index is 11.7. The molecule has 10 unspecified atom stereocenters. The second-order valence-corrected chi connectivity index (χ2v) is 11.4. The fourth-order valence-electron chi connectivity index (χ4n) is 8.98. The topological polar surface area (TPSA) is 66.8 Å². The molecule has 29 heavy (non-hydrogen) atoms. The largest absolute Gasteiger partial charge is 0.469 e. The first kappa shape index (κ1) is 21.6. The molecule has 0 aromatic rings. The van der Waals surface area contributed by atoms with Gasteiger partial charge < -0.3 is 14.9 Å². The molecule has 0 heterocycles. The minimum Gasteiger partial charge on any atom is -0.469 e. The molecule has 166 valence electrons. The molecule has 0 aromatic carbocycles. The zero-order valence-electron chi connectivity index (χ0n) is 18.9. The van der Waals surface area contributed by atoms with Gasteiger partial charge in [-0.3, -0.25) is 4.79 Å². The van der Waals surface area contributed by atoms with E-state index in [1.54, 1.807) is 0 Å². The van der Waals surface area contributed by atoms with E-state index in [0.717, 1.165) is 25.2 Å². The zero-order valence-corrected chi connectivity index (χ0v) is 18.9. The van der Waals surface area contributed by atoms with Crippen LogP contribution in [0.3, 0.4) is 0 Å². The highest BCUT2D eigenvalue weighted by molar-refractivity contribution is 5.69. The molecule has 4 aliphatic rings. The number of fused-ring (bicyclic) bond motifs is 5. The third-order valence-corrected chi connectivity index (χ3v) is 10.5. The van der Waals surface area contributed by atoms with Crippen molar-refractivity contribution in [2.75, 3.05) is 7.11 Å². The quantitative estimate of drug-likeness (QED) is 0.671. The van der Waals surface area contributed by atoms with Crippen molar-refractivity contribution in [3.63, 3.8) is 0 Å². The van der Waals surface area contributed by atoms with E-state index in [-0.39, 0.29) is 22.7 Å². The lowest BCUT2D eigenvalue weighted by Crippen LogP contribution is -2.65. The summed E-state index contributed by atoms with van der Waals surface area (Å²) in [5, 5.41) is 23.1. The molecule has 10 atom stereocenters. The Hall–Kier alpha value is -0.610. The Kier molecular flexibility index (Phi) is 5.83. The molecule has 4 nitrogen and oxygen atoms in total. The predicted molar refractivity (Wildman–Crippen MR) is 113 cm³/mol. The van der Waals surface area contributed by atoms with Crippen LogP contribution in [0.4, 0.5) is 0 Å². The summed E-state index contributed by atoms with van der Waals surface area (Å²) in [6, 6.07) is 0. The van der Waals surface area contributed by atoms with E-state index in [1.807, 2.05) is 0 Å². The summed E-state index contributed by atoms with van der Waals surface area (Å²) in [5.74, 6) is 2.57. The number of methoxy groups -OCH3 is 1. The number of carbonyl (C=O) groups excluding carboxylic acids is 1. The average Bonchev–Trinajstić information content (AvgIpc) is 3.07. The molecule has 0 amide bonds. The van der Waals surface area contributed by atoms with Gasteiger partial charge in [-0.1, -0.05) is 33.6 Å². The minimum atomic E-state index is -0.653. The third-order valence-electron chi connectivity index (χ3n) is 10.5. The Bertz CT molecular complexity index is 620. The van der Waals surface area contributed by atoms with Gasteiger partial charge in [0.15, 0.2) is 0 Å². The van der Waals surface area contributed by atoms with Crippen LogP contribution in [-0.4, -0.2) is 35.5 Å². The maximum absolute atomic E-state index is 11.7. The van der Waals surface area contributed by atoms with Crippen LogP contribution in [-0.2, 0) is 9.53 Å². The van der Waals surface area contributed by atoms with E-state index in [1.165, 1.54) is 45.6 Å². The SMILES string of the molecule is COC(=O)CCC(C)C1CCC2C3CCC4CCCCC4(C)C3C(O)C(O)C12C. The monoisotopic (exact) mass is 406 g/mol. The first-order valence-corrected chi connectivity index (χ1v) is 12.2. The van der Waals surface area contributed by atoms with Crippen LogP contribution >= 0.6 is 0 Å². The number of carbonyl (C=O) groups is 1. The van der Waals surface area contributed by atoms with Crippen LogP contribution in [0.25, 0.3) is 0 Å². The highest BCUT2D eigenvalue weighted by Crippen LogP contribution is 2.68. The normalized spacial score (nSPS) is 50.2. The Morgan fingerprint density at radius 2 is 1.86 bits per heavy atom. The number of esters is 1. The summed E-state index contributed by atoms with van der Waals surface area (Å²) >= 11 is 0.